The van der Waals surface area contributed by atoms with Crippen LogP contribution in [-0.4, -0.2) is 34.7 Å². The van der Waals surface area contributed by atoms with E-state index in [1.165, 1.54) is 31.0 Å². The van der Waals surface area contributed by atoms with Crippen LogP contribution < -0.4 is 0 Å². The summed E-state index contributed by atoms with van der Waals surface area (Å²) in [5.74, 6) is 2.55. The van der Waals surface area contributed by atoms with Crippen molar-refractivity contribution >= 4 is 11.8 Å². The summed E-state index contributed by atoms with van der Waals surface area (Å²) in [6, 6.07) is 1.94. The molecule has 1 aromatic rings. The molecule has 0 unspecified atom stereocenters. The van der Waals surface area contributed by atoms with Crippen LogP contribution in [0.5, 0.6) is 0 Å². The Morgan fingerprint density at radius 3 is 3.31 bits per heavy atom. The van der Waals surface area contributed by atoms with Gasteiger partial charge in [0.05, 0.1) is 5.69 Å². The van der Waals surface area contributed by atoms with Gasteiger partial charge in [-0.3, -0.25) is 4.90 Å². The highest BCUT2D eigenvalue weighted by Gasteiger charge is 2.10. The van der Waals surface area contributed by atoms with Crippen molar-refractivity contribution in [2.75, 3.05) is 24.6 Å². The summed E-state index contributed by atoms with van der Waals surface area (Å²) in [5.41, 5.74) is 1.05. The van der Waals surface area contributed by atoms with Gasteiger partial charge in [0.15, 0.2) is 0 Å². The predicted molar refractivity (Wildman–Crippen MR) is 53.7 cm³/mol. The van der Waals surface area contributed by atoms with Gasteiger partial charge in [0, 0.05) is 24.9 Å². The Labute approximate surface area is 82.5 Å². The van der Waals surface area contributed by atoms with Crippen LogP contribution in [0.3, 0.4) is 0 Å². The van der Waals surface area contributed by atoms with Crippen LogP contribution in [0.4, 0.5) is 0 Å². The molecular weight excluding hydrogens is 184 g/mol. The van der Waals surface area contributed by atoms with E-state index in [1.54, 1.807) is 6.26 Å². The van der Waals surface area contributed by atoms with E-state index in [4.69, 9.17) is 4.52 Å². The van der Waals surface area contributed by atoms with Gasteiger partial charge < -0.3 is 4.52 Å². The Morgan fingerprint density at radius 1 is 1.46 bits per heavy atom. The molecule has 0 atom stereocenters. The van der Waals surface area contributed by atoms with E-state index in [1.807, 2.05) is 17.8 Å². The Bertz CT molecular complexity index is 230. The quantitative estimate of drug-likeness (QED) is 0.722. The molecule has 1 aromatic heterocycles. The third-order valence-corrected chi connectivity index (χ3v) is 3.24. The van der Waals surface area contributed by atoms with Crippen molar-refractivity contribution in [1.29, 1.82) is 0 Å². The predicted octanol–water partition coefficient (Wildman–Crippen LogP) is 1.61. The minimum Gasteiger partial charge on any atom is -0.364 e. The maximum Gasteiger partial charge on any atom is 0.124 e. The summed E-state index contributed by atoms with van der Waals surface area (Å²) >= 11 is 2.05. The molecule has 1 fully saturated rings. The van der Waals surface area contributed by atoms with E-state index in [0.29, 0.717) is 0 Å². The van der Waals surface area contributed by atoms with Crippen molar-refractivity contribution in [2.45, 2.75) is 13.0 Å². The maximum atomic E-state index is 4.81. The maximum absolute atomic E-state index is 4.81. The molecule has 0 spiro atoms. The van der Waals surface area contributed by atoms with E-state index in [2.05, 4.69) is 10.1 Å². The van der Waals surface area contributed by atoms with Gasteiger partial charge in [-0.05, 0) is 18.7 Å². The molecule has 0 radical (unpaired) electrons. The van der Waals surface area contributed by atoms with Gasteiger partial charge in [-0.25, -0.2) is 0 Å². The van der Waals surface area contributed by atoms with Gasteiger partial charge in [0.1, 0.15) is 6.26 Å². The van der Waals surface area contributed by atoms with Crippen LogP contribution in [0.1, 0.15) is 12.1 Å². The summed E-state index contributed by atoms with van der Waals surface area (Å²) in [4.78, 5) is 2.44. The number of thioether (sulfide) groups is 1. The Balaban J connectivity index is 1.86. The second-order valence-electron chi connectivity index (χ2n) is 3.23. The van der Waals surface area contributed by atoms with Crippen molar-refractivity contribution in [3.05, 3.63) is 18.0 Å². The first-order valence-electron chi connectivity index (χ1n) is 4.64. The Morgan fingerprint density at radius 2 is 2.46 bits per heavy atom. The molecule has 1 aliphatic heterocycles. The van der Waals surface area contributed by atoms with E-state index in [0.717, 1.165) is 12.2 Å². The number of hydrogen-bond donors (Lipinski definition) is 0. The summed E-state index contributed by atoms with van der Waals surface area (Å²) in [6.07, 6.45) is 2.93. The summed E-state index contributed by atoms with van der Waals surface area (Å²) in [6.45, 7) is 3.31. The summed E-state index contributed by atoms with van der Waals surface area (Å²) in [5, 5.41) is 3.92. The lowest BCUT2D eigenvalue weighted by Crippen LogP contribution is -2.25. The van der Waals surface area contributed by atoms with Crippen LogP contribution in [0.2, 0.25) is 0 Å². The van der Waals surface area contributed by atoms with Crippen molar-refractivity contribution in [2.24, 2.45) is 0 Å². The molecule has 0 N–H and O–H groups in total. The number of aromatic nitrogens is 1. The van der Waals surface area contributed by atoms with Crippen molar-refractivity contribution in [3.8, 4) is 0 Å². The fraction of sp³-hybridized carbons (Fsp3) is 0.667. The molecule has 72 valence electrons. The van der Waals surface area contributed by atoms with Crippen LogP contribution in [0.15, 0.2) is 16.9 Å². The zero-order valence-corrected chi connectivity index (χ0v) is 8.42. The summed E-state index contributed by atoms with van der Waals surface area (Å²) < 4.78 is 4.81. The molecule has 2 heterocycles. The normalized spacial score (nSPS) is 20.0. The topological polar surface area (TPSA) is 29.3 Å². The van der Waals surface area contributed by atoms with Crippen molar-refractivity contribution < 1.29 is 4.52 Å². The fourth-order valence-corrected chi connectivity index (χ4v) is 2.43. The largest absolute Gasteiger partial charge is 0.364 e. The lowest BCUT2D eigenvalue weighted by Gasteiger charge is -2.17. The SMILES string of the molecule is c1cc(CN2CCCSCC2)no1. The molecule has 13 heavy (non-hydrogen) atoms. The molecule has 0 aromatic carbocycles. The molecular formula is C9H14N2OS. The number of hydrogen-bond acceptors (Lipinski definition) is 4. The lowest BCUT2D eigenvalue weighted by molar-refractivity contribution is 0.276. The number of nitrogens with zero attached hydrogens (tertiary/aromatic N) is 2. The van der Waals surface area contributed by atoms with Crippen LogP contribution >= 0.6 is 11.8 Å². The lowest BCUT2D eigenvalue weighted by atomic mass is 10.3. The minimum atomic E-state index is 0.942. The monoisotopic (exact) mass is 198 g/mol. The minimum absolute atomic E-state index is 0.942. The zero-order valence-electron chi connectivity index (χ0n) is 7.61. The van der Waals surface area contributed by atoms with Crippen molar-refractivity contribution in [1.82, 2.24) is 10.1 Å². The molecule has 2 rings (SSSR count). The third-order valence-electron chi connectivity index (χ3n) is 2.19. The molecule has 4 heteroatoms. The summed E-state index contributed by atoms with van der Waals surface area (Å²) in [7, 11) is 0. The van der Waals surface area contributed by atoms with Gasteiger partial charge in [0.2, 0.25) is 0 Å². The standard InChI is InChI=1S/C9H14N2OS/c1-3-11(4-7-13-6-1)8-9-2-5-12-10-9/h2,5H,1,3-4,6-8H2. The fourth-order valence-electron chi connectivity index (χ4n) is 1.50. The van der Waals surface area contributed by atoms with E-state index in [-0.39, 0.29) is 0 Å². The van der Waals surface area contributed by atoms with Gasteiger partial charge >= 0.3 is 0 Å². The average molecular weight is 198 g/mol. The molecule has 3 nitrogen and oxygen atoms in total. The number of rotatable bonds is 2. The molecule has 0 aliphatic carbocycles. The highest BCUT2D eigenvalue weighted by molar-refractivity contribution is 7.99. The van der Waals surface area contributed by atoms with E-state index in [9.17, 15) is 0 Å². The van der Waals surface area contributed by atoms with Crippen LogP contribution in [0.25, 0.3) is 0 Å². The highest BCUT2D eigenvalue weighted by Crippen LogP contribution is 2.11. The highest BCUT2D eigenvalue weighted by atomic mass is 32.2. The molecule has 0 bridgehead atoms. The first-order chi connectivity index (χ1) is 6.45. The van der Waals surface area contributed by atoms with E-state index >= 15 is 0 Å². The van der Waals surface area contributed by atoms with Crippen molar-refractivity contribution in [3.63, 3.8) is 0 Å². The van der Waals surface area contributed by atoms with Crippen LogP contribution in [0, 0.1) is 0 Å². The van der Waals surface area contributed by atoms with Crippen LogP contribution in [-0.2, 0) is 6.54 Å². The second-order valence-corrected chi connectivity index (χ2v) is 4.46. The zero-order chi connectivity index (χ0) is 8.93. The third kappa shape index (κ3) is 2.74. The smallest absolute Gasteiger partial charge is 0.124 e. The van der Waals surface area contributed by atoms with Gasteiger partial charge in [-0.15, -0.1) is 0 Å². The Kier molecular flexibility index (Phi) is 3.27. The Hall–Kier alpha value is -0.480. The first-order valence-corrected chi connectivity index (χ1v) is 5.80. The second kappa shape index (κ2) is 4.67. The van der Waals surface area contributed by atoms with Gasteiger partial charge in [0.25, 0.3) is 0 Å². The molecule has 0 amide bonds. The van der Waals surface area contributed by atoms with E-state index < -0.39 is 0 Å². The molecule has 0 saturated carbocycles. The first kappa shape index (κ1) is 9.09. The van der Waals surface area contributed by atoms with Gasteiger partial charge in [-0.2, -0.15) is 11.8 Å². The molecule has 1 saturated heterocycles. The molecule has 1 aliphatic rings. The average Bonchev–Trinajstić information content (AvgIpc) is 2.49. The van der Waals surface area contributed by atoms with Gasteiger partial charge in [-0.1, -0.05) is 5.16 Å².